The normalized spacial score (nSPS) is 10.1. The minimum absolute atomic E-state index is 0.115. The molecule has 11 heavy (non-hydrogen) atoms. The topological polar surface area (TPSA) is 46.2 Å². The van der Waals surface area contributed by atoms with Gasteiger partial charge in [-0.3, -0.25) is 0 Å². The van der Waals surface area contributed by atoms with Crippen molar-refractivity contribution >= 4 is 15.9 Å². The van der Waals surface area contributed by atoms with Crippen LogP contribution in [0.25, 0.3) is 0 Å². The van der Waals surface area contributed by atoms with E-state index in [1.54, 1.807) is 0 Å². The smallest absolute Gasteiger partial charge is 0.165 e. The molecule has 1 aromatic carbocycles. The first-order valence-electron chi connectivity index (χ1n) is 3.02. The van der Waals surface area contributed by atoms with Gasteiger partial charge >= 0.3 is 0 Å². The van der Waals surface area contributed by atoms with Crippen LogP contribution in [0.2, 0.25) is 0 Å². The number of aromatic hydroxyl groups is 1. The van der Waals surface area contributed by atoms with Crippen LogP contribution in [0.15, 0.2) is 16.6 Å². The van der Waals surface area contributed by atoms with Crippen molar-refractivity contribution in [2.75, 3.05) is 0 Å². The van der Waals surface area contributed by atoms with Crippen LogP contribution >= 0.6 is 15.9 Å². The molecule has 0 saturated carbocycles. The number of hydrogen-bond donors (Lipinski definition) is 2. The monoisotopic (exact) mass is 219 g/mol. The van der Waals surface area contributed by atoms with E-state index in [-0.39, 0.29) is 12.3 Å². The summed E-state index contributed by atoms with van der Waals surface area (Å²) in [5, 5.41) is 9.09. The highest BCUT2D eigenvalue weighted by molar-refractivity contribution is 9.10. The quantitative estimate of drug-likeness (QED) is 0.757. The first kappa shape index (κ1) is 8.49. The summed E-state index contributed by atoms with van der Waals surface area (Å²) in [6.45, 7) is 0.115. The molecule has 3 N–H and O–H groups in total. The van der Waals surface area contributed by atoms with Crippen molar-refractivity contribution in [1.29, 1.82) is 0 Å². The molecule has 0 amide bonds. The van der Waals surface area contributed by atoms with Crippen molar-refractivity contribution in [1.82, 2.24) is 0 Å². The fraction of sp³-hybridized carbons (Fsp3) is 0.143. The van der Waals surface area contributed by atoms with Crippen LogP contribution in [0, 0.1) is 5.82 Å². The highest BCUT2D eigenvalue weighted by Gasteiger charge is 2.08. The van der Waals surface area contributed by atoms with Gasteiger partial charge in [0.2, 0.25) is 0 Å². The Bertz CT molecular complexity index is 277. The van der Waals surface area contributed by atoms with Gasteiger partial charge in [0.1, 0.15) is 0 Å². The Morgan fingerprint density at radius 2 is 2.18 bits per heavy atom. The Kier molecular flexibility index (Phi) is 2.46. The Balaban J connectivity index is 3.29. The van der Waals surface area contributed by atoms with Gasteiger partial charge in [-0.1, -0.05) is 15.9 Å². The first-order valence-corrected chi connectivity index (χ1v) is 3.82. The summed E-state index contributed by atoms with van der Waals surface area (Å²) in [4.78, 5) is 0. The van der Waals surface area contributed by atoms with E-state index in [4.69, 9.17) is 10.8 Å². The zero-order chi connectivity index (χ0) is 8.43. The molecule has 0 fully saturated rings. The standard InChI is InChI=1S/C7H7BrFNO/c8-5-1-2-6(9)7(11)4(5)3-10/h1-2,11H,3,10H2. The second-order valence-electron chi connectivity index (χ2n) is 2.06. The Morgan fingerprint density at radius 3 is 2.64 bits per heavy atom. The fourth-order valence-electron chi connectivity index (χ4n) is 0.777. The highest BCUT2D eigenvalue weighted by Crippen LogP contribution is 2.27. The molecule has 0 unspecified atom stereocenters. The van der Waals surface area contributed by atoms with E-state index in [9.17, 15) is 4.39 Å². The first-order chi connectivity index (χ1) is 5.16. The lowest BCUT2D eigenvalue weighted by Gasteiger charge is -2.03. The maximum atomic E-state index is 12.6. The van der Waals surface area contributed by atoms with Gasteiger partial charge in [0.15, 0.2) is 11.6 Å². The van der Waals surface area contributed by atoms with Crippen LogP contribution in [0.1, 0.15) is 5.56 Å². The third-order valence-electron chi connectivity index (χ3n) is 1.38. The summed E-state index contributed by atoms with van der Waals surface area (Å²) in [6.07, 6.45) is 0. The Labute approximate surface area is 72.0 Å². The van der Waals surface area contributed by atoms with Gasteiger partial charge in [-0.2, -0.15) is 0 Å². The zero-order valence-electron chi connectivity index (χ0n) is 5.64. The summed E-state index contributed by atoms with van der Waals surface area (Å²) in [6, 6.07) is 2.69. The van der Waals surface area contributed by atoms with E-state index in [1.807, 2.05) is 0 Å². The summed E-state index contributed by atoms with van der Waals surface area (Å²) < 4.78 is 13.2. The largest absolute Gasteiger partial charge is 0.505 e. The molecule has 1 aromatic rings. The van der Waals surface area contributed by atoms with Crippen molar-refractivity contribution in [3.63, 3.8) is 0 Å². The van der Waals surface area contributed by atoms with E-state index in [0.29, 0.717) is 10.0 Å². The maximum Gasteiger partial charge on any atom is 0.165 e. The number of rotatable bonds is 1. The molecule has 0 radical (unpaired) electrons. The molecule has 1 rings (SSSR count). The minimum Gasteiger partial charge on any atom is -0.505 e. The predicted octanol–water partition coefficient (Wildman–Crippen LogP) is 1.75. The average molecular weight is 220 g/mol. The van der Waals surface area contributed by atoms with Gasteiger partial charge in [0.25, 0.3) is 0 Å². The molecular formula is C7H7BrFNO. The second kappa shape index (κ2) is 3.19. The van der Waals surface area contributed by atoms with Gasteiger partial charge < -0.3 is 10.8 Å². The third-order valence-corrected chi connectivity index (χ3v) is 2.12. The minimum atomic E-state index is -0.645. The Hall–Kier alpha value is -0.610. The van der Waals surface area contributed by atoms with E-state index in [1.165, 1.54) is 12.1 Å². The van der Waals surface area contributed by atoms with Crippen molar-refractivity contribution in [2.45, 2.75) is 6.54 Å². The lowest BCUT2D eigenvalue weighted by molar-refractivity contribution is 0.425. The Morgan fingerprint density at radius 1 is 1.55 bits per heavy atom. The van der Waals surface area contributed by atoms with Crippen LogP contribution in [0.5, 0.6) is 5.75 Å². The van der Waals surface area contributed by atoms with E-state index in [2.05, 4.69) is 15.9 Å². The molecule has 2 nitrogen and oxygen atoms in total. The molecule has 0 bridgehead atoms. The van der Waals surface area contributed by atoms with Gasteiger partial charge in [-0.15, -0.1) is 0 Å². The van der Waals surface area contributed by atoms with Crippen LogP contribution < -0.4 is 5.73 Å². The molecule has 0 atom stereocenters. The van der Waals surface area contributed by atoms with Gasteiger partial charge in [0.05, 0.1) is 0 Å². The molecule has 0 aliphatic carbocycles. The second-order valence-corrected chi connectivity index (χ2v) is 2.91. The molecule has 4 heteroatoms. The number of hydrogen-bond acceptors (Lipinski definition) is 2. The number of phenols is 1. The van der Waals surface area contributed by atoms with Crippen LogP contribution in [-0.4, -0.2) is 5.11 Å². The van der Waals surface area contributed by atoms with Crippen LogP contribution in [0.4, 0.5) is 4.39 Å². The molecule has 0 aromatic heterocycles. The number of phenolic OH excluding ortho intramolecular Hbond substituents is 1. The van der Waals surface area contributed by atoms with Crippen LogP contribution in [0.3, 0.4) is 0 Å². The third kappa shape index (κ3) is 1.52. The maximum absolute atomic E-state index is 12.6. The molecule has 0 heterocycles. The number of halogens is 2. The molecular weight excluding hydrogens is 213 g/mol. The summed E-state index contributed by atoms with van der Waals surface area (Å²) in [5.74, 6) is -1.02. The molecule has 60 valence electrons. The van der Waals surface area contributed by atoms with Crippen molar-refractivity contribution in [3.8, 4) is 5.75 Å². The molecule has 0 aliphatic rings. The SMILES string of the molecule is NCc1c(Br)ccc(F)c1O. The summed E-state index contributed by atoms with van der Waals surface area (Å²) >= 11 is 3.13. The van der Waals surface area contributed by atoms with Gasteiger partial charge in [-0.05, 0) is 12.1 Å². The van der Waals surface area contributed by atoms with Gasteiger partial charge in [-0.25, -0.2) is 4.39 Å². The predicted molar refractivity (Wildman–Crippen MR) is 43.7 cm³/mol. The number of benzene rings is 1. The van der Waals surface area contributed by atoms with E-state index >= 15 is 0 Å². The molecule has 0 saturated heterocycles. The van der Waals surface area contributed by atoms with E-state index < -0.39 is 5.82 Å². The van der Waals surface area contributed by atoms with Crippen molar-refractivity contribution < 1.29 is 9.50 Å². The fourth-order valence-corrected chi connectivity index (χ4v) is 1.26. The lowest BCUT2D eigenvalue weighted by Crippen LogP contribution is -1.98. The molecule has 0 aliphatic heterocycles. The highest BCUT2D eigenvalue weighted by atomic mass is 79.9. The lowest BCUT2D eigenvalue weighted by atomic mass is 10.2. The van der Waals surface area contributed by atoms with Crippen molar-refractivity contribution in [2.24, 2.45) is 5.73 Å². The van der Waals surface area contributed by atoms with Crippen LogP contribution in [-0.2, 0) is 6.54 Å². The van der Waals surface area contributed by atoms with Crippen molar-refractivity contribution in [3.05, 3.63) is 28.0 Å². The summed E-state index contributed by atoms with van der Waals surface area (Å²) in [7, 11) is 0. The van der Waals surface area contributed by atoms with E-state index in [0.717, 1.165) is 0 Å². The average Bonchev–Trinajstić information content (AvgIpc) is 1.99. The molecule has 0 spiro atoms. The summed E-state index contributed by atoms with van der Waals surface area (Å²) in [5.41, 5.74) is 5.66. The number of nitrogens with two attached hydrogens (primary N) is 1. The zero-order valence-corrected chi connectivity index (χ0v) is 7.23. The van der Waals surface area contributed by atoms with Gasteiger partial charge in [0, 0.05) is 16.6 Å².